The molecule has 0 saturated carbocycles. The van der Waals surface area contributed by atoms with Crippen LogP contribution in [0.25, 0.3) is 10.6 Å². The van der Waals surface area contributed by atoms with Crippen molar-refractivity contribution in [1.82, 2.24) is 9.71 Å². The molecule has 8 heteroatoms. The summed E-state index contributed by atoms with van der Waals surface area (Å²) in [6.45, 7) is 7.91. The van der Waals surface area contributed by atoms with E-state index in [0.717, 1.165) is 31.8 Å². The maximum Gasteiger partial charge on any atom is 0.241 e. The summed E-state index contributed by atoms with van der Waals surface area (Å²) in [6, 6.07) is 9.13. The van der Waals surface area contributed by atoms with E-state index in [2.05, 4.69) is 9.71 Å². The van der Waals surface area contributed by atoms with Gasteiger partial charge in [0, 0.05) is 16.8 Å². The molecule has 1 aromatic carbocycles. The van der Waals surface area contributed by atoms with E-state index in [4.69, 9.17) is 4.74 Å². The van der Waals surface area contributed by atoms with E-state index >= 15 is 0 Å². The molecule has 0 bridgehead atoms. The van der Waals surface area contributed by atoms with Crippen molar-refractivity contribution in [2.75, 3.05) is 0 Å². The third kappa shape index (κ3) is 4.95. The van der Waals surface area contributed by atoms with Crippen molar-refractivity contribution in [2.24, 2.45) is 0 Å². The van der Waals surface area contributed by atoms with Gasteiger partial charge in [-0.2, -0.15) is 0 Å². The highest BCUT2D eigenvalue weighted by atomic mass is 32.2. The molecule has 0 aliphatic heterocycles. The van der Waals surface area contributed by atoms with Crippen LogP contribution in [0.15, 0.2) is 40.6 Å². The molecule has 0 spiro atoms. The summed E-state index contributed by atoms with van der Waals surface area (Å²) in [7, 11) is -3.59. The number of hydrogen-bond donors (Lipinski definition) is 1. The van der Waals surface area contributed by atoms with Crippen LogP contribution in [0.1, 0.15) is 29.3 Å². The first kappa shape index (κ1) is 20.0. The summed E-state index contributed by atoms with van der Waals surface area (Å²) in [6.07, 6.45) is 0.103. The molecule has 3 aromatic rings. The van der Waals surface area contributed by atoms with E-state index in [1.165, 1.54) is 11.3 Å². The Bertz CT molecular complexity index is 1020. The van der Waals surface area contributed by atoms with Gasteiger partial charge >= 0.3 is 0 Å². The van der Waals surface area contributed by atoms with Gasteiger partial charge in [0.25, 0.3) is 0 Å². The van der Waals surface area contributed by atoms with E-state index in [9.17, 15) is 8.42 Å². The average Bonchev–Trinajstić information content (AvgIpc) is 3.20. The second-order valence-electron chi connectivity index (χ2n) is 6.42. The third-order valence-corrected chi connectivity index (χ3v) is 7.30. The zero-order valence-electron chi connectivity index (χ0n) is 15.6. The zero-order chi connectivity index (χ0) is 19.6. The van der Waals surface area contributed by atoms with Gasteiger partial charge in [-0.3, -0.25) is 0 Å². The number of aryl methyl sites for hydroxylation is 2. The first-order valence-corrected chi connectivity index (χ1v) is 11.7. The Morgan fingerprint density at radius 1 is 1.19 bits per heavy atom. The highest BCUT2D eigenvalue weighted by Crippen LogP contribution is 2.34. The molecule has 0 radical (unpaired) electrons. The largest absolute Gasteiger partial charge is 0.491 e. The summed E-state index contributed by atoms with van der Waals surface area (Å²) in [5.74, 6) is 0.772. The highest BCUT2D eigenvalue weighted by Gasteiger charge is 2.21. The predicted molar refractivity (Wildman–Crippen MR) is 111 cm³/mol. The lowest BCUT2D eigenvalue weighted by atomic mass is 10.2. The molecular formula is C19H22N2O3S3. The molecule has 0 fully saturated rings. The lowest BCUT2D eigenvalue weighted by molar-refractivity contribution is 0.242. The van der Waals surface area contributed by atoms with Crippen molar-refractivity contribution in [1.29, 1.82) is 0 Å². The number of ether oxygens (including phenoxy) is 1. The quantitative estimate of drug-likeness (QED) is 0.596. The Morgan fingerprint density at radius 2 is 1.89 bits per heavy atom. The molecule has 0 unspecified atom stereocenters. The van der Waals surface area contributed by atoms with Gasteiger partial charge in [0.2, 0.25) is 10.0 Å². The number of sulfonamides is 1. The number of nitrogens with zero attached hydrogens (tertiary/aromatic N) is 1. The summed E-state index contributed by atoms with van der Waals surface area (Å²) in [4.78, 5) is 6.38. The maximum atomic E-state index is 12.7. The van der Waals surface area contributed by atoms with Gasteiger partial charge in [0.1, 0.15) is 5.75 Å². The standard InChI is InChI=1S/C19H22N2O3S3/c1-12(2)24-16-7-5-15(6-8-16)10-20-27(22,23)19-9-18(26-13(19)3)17-11-25-14(4)21-17/h5-9,11-12,20H,10H2,1-4H3. The predicted octanol–water partition coefficient (Wildman–Crippen LogP) is 4.75. The van der Waals surface area contributed by atoms with Gasteiger partial charge in [0.15, 0.2) is 0 Å². The Morgan fingerprint density at radius 3 is 2.48 bits per heavy atom. The molecule has 0 aliphatic carbocycles. The van der Waals surface area contributed by atoms with Gasteiger partial charge in [-0.1, -0.05) is 12.1 Å². The van der Waals surface area contributed by atoms with E-state index in [1.54, 1.807) is 17.4 Å². The molecule has 0 saturated heterocycles. The molecule has 2 aromatic heterocycles. The fraction of sp³-hybridized carbons (Fsp3) is 0.316. The Kier molecular flexibility index (Phi) is 6.00. The Hall–Kier alpha value is -1.74. The molecule has 0 atom stereocenters. The van der Waals surface area contributed by atoms with Crippen LogP contribution in [0.4, 0.5) is 0 Å². The molecule has 27 heavy (non-hydrogen) atoms. The van der Waals surface area contributed by atoms with Crippen molar-refractivity contribution >= 4 is 32.7 Å². The minimum Gasteiger partial charge on any atom is -0.491 e. The summed E-state index contributed by atoms with van der Waals surface area (Å²) in [5.41, 5.74) is 1.70. The molecule has 0 amide bonds. The second kappa shape index (κ2) is 8.10. The summed E-state index contributed by atoms with van der Waals surface area (Å²) in [5, 5.41) is 2.91. The fourth-order valence-corrected chi connectivity index (χ4v) is 5.80. The van der Waals surface area contributed by atoms with E-state index in [-0.39, 0.29) is 12.6 Å². The van der Waals surface area contributed by atoms with Crippen molar-refractivity contribution in [2.45, 2.75) is 45.2 Å². The molecule has 3 rings (SSSR count). The minimum absolute atomic E-state index is 0.103. The van der Waals surface area contributed by atoms with Crippen LogP contribution in [-0.4, -0.2) is 19.5 Å². The molecule has 0 aliphatic rings. The minimum atomic E-state index is -3.59. The van der Waals surface area contributed by atoms with Crippen LogP contribution >= 0.6 is 22.7 Å². The van der Waals surface area contributed by atoms with E-state index in [0.29, 0.717) is 4.90 Å². The van der Waals surface area contributed by atoms with Crippen LogP contribution in [0, 0.1) is 13.8 Å². The number of benzene rings is 1. The third-order valence-electron chi connectivity index (χ3n) is 3.79. The van der Waals surface area contributed by atoms with Gasteiger partial charge in [-0.25, -0.2) is 18.1 Å². The van der Waals surface area contributed by atoms with Crippen LogP contribution in [0.2, 0.25) is 0 Å². The molecule has 1 N–H and O–H groups in total. The average molecular weight is 423 g/mol. The lowest BCUT2D eigenvalue weighted by Crippen LogP contribution is -2.23. The van der Waals surface area contributed by atoms with Gasteiger partial charge in [-0.15, -0.1) is 22.7 Å². The topological polar surface area (TPSA) is 68.3 Å². The number of hydrogen-bond acceptors (Lipinski definition) is 6. The maximum absolute atomic E-state index is 12.7. The van der Waals surface area contributed by atoms with Crippen LogP contribution in [0.5, 0.6) is 5.75 Å². The van der Waals surface area contributed by atoms with Crippen molar-refractivity contribution in [3.63, 3.8) is 0 Å². The first-order chi connectivity index (χ1) is 12.7. The van der Waals surface area contributed by atoms with Gasteiger partial charge in [0.05, 0.1) is 26.6 Å². The molecule has 2 heterocycles. The lowest BCUT2D eigenvalue weighted by Gasteiger charge is -2.10. The monoisotopic (exact) mass is 422 g/mol. The number of thiazole rings is 1. The van der Waals surface area contributed by atoms with Crippen LogP contribution in [-0.2, 0) is 16.6 Å². The van der Waals surface area contributed by atoms with E-state index in [1.807, 2.05) is 57.3 Å². The molecule has 5 nitrogen and oxygen atoms in total. The number of thiophene rings is 1. The van der Waals surface area contributed by atoms with Crippen molar-refractivity contribution < 1.29 is 13.2 Å². The van der Waals surface area contributed by atoms with Gasteiger partial charge in [-0.05, 0) is 51.5 Å². The molecule has 144 valence electrons. The van der Waals surface area contributed by atoms with Crippen LogP contribution in [0.3, 0.4) is 0 Å². The number of nitrogens with one attached hydrogen (secondary N) is 1. The first-order valence-electron chi connectivity index (χ1n) is 8.53. The number of rotatable bonds is 7. The Balaban J connectivity index is 1.72. The normalized spacial score (nSPS) is 11.9. The van der Waals surface area contributed by atoms with Gasteiger partial charge < -0.3 is 4.74 Å². The SMILES string of the molecule is Cc1nc(-c2cc(S(=O)(=O)NCc3ccc(OC(C)C)cc3)c(C)s2)cs1. The van der Waals surface area contributed by atoms with E-state index < -0.39 is 10.0 Å². The Labute approximate surface area is 168 Å². The smallest absolute Gasteiger partial charge is 0.241 e. The summed E-state index contributed by atoms with van der Waals surface area (Å²) >= 11 is 3.00. The molecular weight excluding hydrogens is 400 g/mol. The fourth-order valence-electron chi connectivity index (χ4n) is 2.55. The number of aromatic nitrogens is 1. The summed E-state index contributed by atoms with van der Waals surface area (Å²) < 4.78 is 33.8. The second-order valence-corrected chi connectivity index (χ2v) is 10.5. The zero-order valence-corrected chi connectivity index (χ0v) is 18.1. The van der Waals surface area contributed by atoms with Crippen LogP contribution < -0.4 is 9.46 Å². The van der Waals surface area contributed by atoms with Crippen molar-refractivity contribution in [3.8, 4) is 16.3 Å². The van der Waals surface area contributed by atoms with Crippen molar-refractivity contribution in [3.05, 3.63) is 51.2 Å². The highest BCUT2D eigenvalue weighted by molar-refractivity contribution is 7.89.